The van der Waals surface area contributed by atoms with Gasteiger partial charge in [0.05, 0.1) is 4.92 Å². The predicted octanol–water partition coefficient (Wildman–Crippen LogP) is 1.61. The molecule has 1 aromatic rings. The summed E-state index contributed by atoms with van der Waals surface area (Å²) in [6.45, 7) is 2.09. The first-order valence-electron chi connectivity index (χ1n) is 6.39. The van der Waals surface area contributed by atoms with Crippen LogP contribution in [0, 0.1) is 16.0 Å². The monoisotopic (exact) mass is 295 g/mol. The number of nitro benzene ring substituents is 1. The topological polar surface area (TPSA) is 136 Å². The maximum absolute atomic E-state index is 11.1. The summed E-state index contributed by atoms with van der Waals surface area (Å²) in [5.41, 5.74) is 5.25. The molecule has 1 unspecified atom stereocenters. The van der Waals surface area contributed by atoms with Gasteiger partial charge in [-0.25, -0.2) is 0 Å². The first-order valence-corrected chi connectivity index (χ1v) is 6.39. The number of aliphatic carboxylic acids is 1. The molecule has 0 heterocycles. The van der Waals surface area contributed by atoms with E-state index in [0.717, 1.165) is 0 Å². The quantitative estimate of drug-likeness (QED) is 0.492. The molecule has 0 aromatic heterocycles. The van der Waals surface area contributed by atoms with Crippen molar-refractivity contribution in [3.05, 3.63) is 33.9 Å². The van der Waals surface area contributed by atoms with Crippen molar-refractivity contribution < 1.29 is 19.6 Å². The zero-order valence-corrected chi connectivity index (χ0v) is 11.5. The Hall–Kier alpha value is -2.64. The average Bonchev–Trinajstić information content (AvgIpc) is 2.42. The van der Waals surface area contributed by atoms with Gasteiger partial charge in [-0.15, -0.1) is 0 Å². The molecule has 0 bridgehead atoms. The van der Waals surface area contributed by atoms with Crippen LogP contribution < -0.4 is 11.1 Å². The third kappa shape index (κ3) is 4.75. The van der Waals surface area contributed by atoms with E-state index >= 15 is 0 Å². The average molecular weight is 295 g/mol. The highest BCUT2D eigenvalue weighted by molar-refractivity contribution is 5.94. The van der Waals surface area contributed by atoms with E-state index in [2.05, 4.69) is 5.32 Å². The minimum atomic E-state index is -0.927. The van der Waals surface area contributed by atoms with E-state index in [1.807, 2.05) is 6.92 Å². The summed E-state index contributed by atoms with van der Waals surface area (Å²) in [7, 11) is 0. The van der Waals surface area contributed by atoms with Crippen molar-refractivity contribution >= 4 is 23.3 Å². The number of nitro groups is 1. The van der Waals surface area contributed by atoms with Crippen LogP contribution in [0.2, 0.25) is 0 Å². The van der Waals surface area contributed by atoms with E-state index in [4.69, 9.17) is 10.8 Å². The lowest BCUT2D eigenvalue weighted by molar-refractivity contribution is -0.384. The molecule has 8 nitrogen and oxygen atoms in total. The van der Waals surface area contributed by atoms with E-state index in [9.17, 15) is 19.7 Å². The van der Waals surface area contributed by atoms with Crippen LogP contribution in [0.1, 0.15) is 30.1 Å². The van der Waals surface area contributed by atoms with Gasteiger partial charge < -0.3 is 16.2 Å². The van der Waals surface area contributed by atoms with E-state index in [-0.39, 0.29) is 35.8 Å². The van der Waals surface area contributed by atoms with Gasteiger partial charge in [0.1, 0.15) is 5.69 Å². The van der Waals surface area contributed by atoms with Crippen molar-refractivity contribution in [3.8, 4) is 0 Å². The molecule has 1 rings (SSSR count). The summed E-state index contributed by atoms with van der Waals surface area (Å²) in [6.07, 6.45) is 0.579. The van der Waals surface area contributed by atoms with Crippen LogP contribution in [0.5, 0.6) is 0 Å². The summed E-state index contributed by atoms with van der Waals surface area (Å²) in [5, 5.41) is 22.6. The van der Waals surface area contributed by atoms with E-state index in [1.54, 1.807) is 0 Å². The molecule has 0 aliphatic heterocycles. The van der Waals surface area contributed by atoms with Crippen molar-refractivity contribution in [2.45, 2.75) is 19.8 Å². The lowest BCUT2D eigenvalue weighted by Crippen LogP contribution is -2.18. The number of carbonyl (C=O) groups excluding carboxylic acids is 1. The summed E-state index contributed by atoms with van der Waals surface area (Å²) < 4.78 is 0. The number of rotatable bonds is 8. The summed E-state index contributed by atoms with van der Waals surface area (Å²) >= 11 is 0. The molecule has 0 saturated heterocycles. The smallest absolute Gasteiger partial charge is 0.303 e. The van der Waals surface area contributed by atoms with Crippen molar-refractivity contribution in [3.63, 3.8) is 0 Å². The van der Waals surface area contributed by atoms with Gasteiger partial charge in [-0.1, -0.05) is 13.3 Å². The number of carboxylic acids is 1. The highest BCUT2D eigenvalue weighted by atomic mass is 16.6. The minimum absolute atomic E-state index is 0.0349. The fraction of sp³-hybridized carbons (Fsp3) is 0.385. The molecule has 1 atom stereocenters. The molecule has 8 heteroatoms. The van der Waals surface area contributed by atoms with Gasteiger partial charge in [0, 0.05) is 24.6 Å². The van der Waals surface area contributed by atoms with Gasteiger partial charge in [0.2, 0.25) is 5.91 Å². The number of hydrogen-bond acceptors (Lipinski definition) is 5. The van der Waals surface area contributed by atoms with Crippen molar-refractivity contribution in [2.24, 2.45) is 11.7 Å². The number of carbonyl (C=O) groups is 2. The Morgan fingerprint density at radius 2 is 2.14 bits per heavy atom. The van der Waals surface area contributed by atoms with Gasteiger partial charge in [0.15, 0.2) is 0 Å². The van der Waals surface area contributed by atoms with Crippen LogP contribution in [0.3, 0.4) is 0 Å². The van der Waals surface area contributed by atoms with Crippen LogP contribution in [0.15, 0.2) is 18.2 Å². The van der Waals surface area contributed by atoms with Gasteiger partial charge in [-0.3, -0.25) is 19.7 Å². The first kappa shape index (κ1) is 16.4. The first-order chi connectivity index (χ1) is 9.85. The second-order valence-electron chi connectivity index (χ2n) is 4.61. The fourth-order valence-corrected chi connectivity index (χ4v) is 1.85. The van der Waals surface area contributed by atoms with Crippen LogP contribution in [-0.2, 0) is 4.79 Å². The number of amides is 1. The van der Waals surface area contributed by atoms with Crippen molar-refractivity contribution in [1.82, 2.24) is 0 Å². The molecule has 0 aliphatic carbocycles. The number of primary amides is 1. The molecule has 0 fully saturated rings. The molecule has 1 amide bonds. The Morgan fingerprint density at radius 3 is 2.62 bits per heavy atom. The summed E-state index contributed by atoms with van der Waals surface area (Å²) in [4.78, 5) is 32.2. The fourth-order valence-electron chi connectivity index (χ4n) is 1.85. The Bertz CT molecular complexity index is 559. The molecule has 114 valence electrons. The molecule has 0 radical (unpaired) electrons. The molecule has 4 N–H and O–H groups in total. The normalized spacial score (nSPS) is 11.7. The van der Waals surface area contributed by atoms with E-state index in [0.29, 0.717) is 6.42 Å². The molecule has 1 aromatic carbocycles. The molecule has 0 aliphatic rings. The molecular formula is C13H17N3O5. The number of nitrogens with zero attached hydrogens (tertiary/aromatic N) is 1. The Labute approximate surface area is 121 Å². The Balaban J connectivity index is 2.93. The largest absolute Gasteiger partial charge is 0.481 e. The number of nitrogens with two attached hydrogens (primary N) is 1. The highest BCUT2D eigenvalue weighted by Crippen LogP contribution is 2.26. The van der Waals surface area contributed by atoms with E-state index < -0.39 is 16.8 Å². The number of carboxylic acid groups (broad SMARTS) is 1. The standard InChI is InChI=1S/C13H17N3O5/c1-2-8(5-12(17)18)7-15-10-6-9(13(14)19)3-4-11(10)16(20)21/h3-4,6,8,15H,2,5,7H2,1H3,(H2,14,19)(H,17,18). The second-order valence-corrected chi connectivity index (χ2v) is 4.61. The van der Waals surface area contributed by atoms with Crippen LogP contribution in [0.25, 0.3) is 0 Å². The highest BCUT2D eigenvalue weighted by Gasteiger charge is 2.18. The van der Waals surface area contributed by atoms with Crippen LogP contribution >= 0.6 is 0 Å². The molecule has 0 spiro atoms. The SMILES string of the molecule is CCC(CNc1cc(C(N)=O)ccc1[N+](=O)[O-])CC(=O)O. The zero-order chi connectivity index (χ0) is 16.0. The van der Waals surface area contributed by atoms with Crippen LogP contribution in [-0.4, -0.2) is 28.5 Å². The lowest BCUT2D eigenvalue weighted by atomic mass is 10.0. The summed E-state index contributed by atoms with van der Waals surface area (Å²) in [5.74, 6) is -1.78. The number of nitrogens with one attached hydrogen (secondary N) is 1. The van der Waals surface area contributed by atoms with Gasteiger partial charge >= 0.3 is 5.97 Å². The Morgan fingerprint density at radius 1 is 1.48 bits per heavy atom. The summed E-state index contributed by atoms with van der Waals surface area (Å²) in [6, 6.07) is 3.77. The number of anilines is 1. The van der Waals surface area contributed by atoms with Gasteiger partial charge in [-0.2, -0.15) is 0 Å². The zero-order valence-electron chi connectivity index (χ0n) is 11.5. The maximum Gasteiger partial charge on any atom is 0.303 e. The number of hydrogen-bond donors (Lipinski definition) is 3. The molecular weight excluding hydrogens is 278 g/mol. The van der Waals surface area contributed by atoms with Crippen molar-refractivity contribution in [2.75, 3.05) is 11.9 Å². The molecule has 21 heavy (non-hydrogen) atoms. The minimum Gasteiger partial charge on any atom is -0.481 e. The lowest BCUT2D eigenvalue weighted by Gasteiger charge is -2.14. The van der Waals surface area contributed by atoms with Gasteiger partial charge in [-0.05, 0) is 18.1 Å². The maximum atomic E-state index is 11.1. The van der Waals surface area contributed by atoms with Crippen molar-refractivity contribution in [1.29, 1.82) is 0 Å². The van der Waals surface area contributed by atoms with E-state index in [1.165, 1.54) is 18.2 Å². The third-order valence-electron chi connectivity index (χ3n) is 3.10. The second kappa shape index (κ2) is 7.22. The Kier molecular flexibility index (Phi) is 5.65. The van der Waals surface area contributed by atoms with Crippen LogP contribution in [0.4, 0.5) is 11.4 Å². The van der Waals surface area contributed by atoms with Gasteiger partial charge in [0.25, 0.3) is 5.69 Å². The molecule has 0 saturated carbocycles. The third-order valence-corrected chi connectivity index (χ3v) is 3.10. The predicted molar refractivity (Wildman–Crippen MR) is 76.1 cm³/mol. The number of benzene rings is 1.